The predicted octanol–water partition coefficient (Wildman–Crippen LogP) is 5.05. The van der Waals surface area contributed by atoms with E-state index in [9.17, 15) is 0 Å². The number of hydrogen-bond donors (Lipinski definition) is 0. The summed E-state index contributed by atoms with van der Waals surface area (Å²) in [7, 11) is 0. The van der Waals surface area contributed by atoms with Gasteiger partial charge in [-0.2, -0.15) is 0 Å². The van der Waals surface area contributed by atoms with Crippen LogP contribution in [0.25, 0.3) is 0 Å². The first-order valence-corrected chi connectivity index (χ1v) is 6.39. The molecule has 0 spiro atoms. The number of rotatable bonds is 4. The molecule has 0 saturated carbocycles. The van der Waals surface area contributed by atoms with Crippen LogP contribution in [0.2, 0.25) is 0 Å². The summed E-state index contributed by atoms with van der Waals surface area (Å²) in [5, 5.41) is 0. The minimum Gasteiger partial charge on any atom is -0.0882 e. The van der Waals surface area contributed by atoms with Crippen LogP contribution < -0.4 is 0 Å². The number of allylic oxidation sites excluding steroid dienone is 2. The van der Waals surface area contributed by atoms with Crippen molar-refractivity contribution in [3.8, 4) is 0 Å². The summed E-state index contributed by atoms with van der Waals surface area (Å²) in [5.41, 5.74) is 0. The molecule has 1 aliphatic rings. The van der Waals surface area contributed by atoms with Crippen molar-refractivity contribution in [2.75, 3.05) is 0 Å². The van der Waals surface area contributed by atoms with Gasteiger partial charge in [0, 0.05) is 0 Å². The standard InChI is InChI=1S/C12H22.C2H6/c1-4-11(9-10(2)3)12-7-5-6-8-12;1-2/h5-6,10-12H,4,7-9H2,1-3H3;1-2H3. The van der Waals surface area contributed by atoms with Gasteiger partial charge in [0.05, 0.1) is 0 Å². The summed E-state index contributed by atoms with van der Waals surface area (Å²) in [5.74, 6) is 2.81. The fourth-order valence-corrected chi connectivity index (χ4v) is 2.32. The SMILES string of the molecule is CC.CCC(CC(C)C)C1CC=CC1. The predicted molar refractivity (Wildman–Crippen MR) is 66.4 cm³/mol. The van der Waals surface area contributed by atoms with Crippen LogP contribution in [0.4, 0.5) is 0 Å². The highest BCUT2D eigenvalue weighted by molar-refractivity contribution is 4.96. The van der Waals surface area contributed by atoms with Gasteiger partial charge in [0.2, 0.25) is 0 Å². The quantitative estimate of drug-likeness (QED) is 0.552. The first-order valence-electron chi connectivity index (χ1n) is 6.39. The van der Waals surface area contributed by atoms with Crippen LogP contribution in [-0.4, -0.2) is 0 Å². The molecule has 0 radical (unpaired) electrons. The smallest absolute Gasteiger partial charge is 0.0317 e. The van der Waals surface area contributed by atoms with Crippen molar-refractivity contribution in [3.05, 3.63) is 12.2 Å². The molecule has 0 aromatic heterocycles. The van der Waals surface area contributed by atoms with Crippen molar-refractivity contribution in [2.24, 2.45) is 17.8 Å². The molecule has 0 nitrogen and oxygen atoms in total. The Morgan fingerprint density at radius 1 is 1.14 bits per heavy atom. The molecular weight excluding hydrogens is 168 g/mol. The minimum atomic E-state index is 0.871. The van der Waals surface area contributed by atoms with E-state index in [0.717, 1.165) is 17.8 Å². The third kappa shape index (κ3) is 4.83. The fourth-order valence-electron chi connectivity index (χ4n) is 2.32. The molecule has 0 amide bonds. The van der Waals surface area contributed by atoms with Crippen LogP contribution in [0.5, 0.6) is 0 Å². The number of hydrogen-bond acceptors (Lipinski definition) is 0. The van der Waals surface area contributed by atoms with E-state index in [1.165, 1.54) is 25.7 Å². The second-order valence-corrected chi connectivity index (χ2v) is 4.50. The van der Waals surface area contributed by atoms with E-state index in [0.29, 0.717) is 0 Å². The maximum Gasteiger partial charge on any atom is -0.0317 e. The van der Waals surface area contributed by atoms with Gasteiger partial charge >= 0.3 is 0 Å². The van der Waals surface area contributed by atoms with Crippen LogP contribution in [0.3, 0.4) is 0 Å². The van der Waals surface area contributed by atoms with Gasteiger partial charge in [0.15, 0.2) is 0 Å². The summed E-state index contributed by atoms with van der Waals surface area (Å²) in [6, 6.07) is 0. The van der Waals surface area contributed by atoms with E-state index in [1.54, 1.807) is 0 Å². The van der Waals surface area contributed by atoms with Crippen molar-refractivity contribution in [1.82, 2.24) is 0 Å². The molecule has 0 aromatic rings. The monoisotopic (exact) mass is 196 g/mol. The highest BCUT2D eigenvalue weighted by atomic mass is 14.3. The molecule has 0 fully saturated rings. The van der Waals surface area contributed by atoms with Gasteiger partial charge in [0.1, 0.15) is 0 Å². The molecule has 0 heteroatoms. The third-order valence-electron chi connectivity index (χ3n) is 3.01. The Labute approximate surface area is 90.8 Å². The highest BCUT2D eigenvalue weighted by Crippen LogP contribution is 2.32. The topological polar surface area (TPSA) is 0 Å². The third-order valence-corrected chi connectivity index (χ3v) is 3.01. The molecule has 0 N–H and O–H groups in total. The van der Waals surface area contributed by atoms with E-state index in [1.807, 2.05) is 13.8 Å². The average molecular weight is 196 g/mol. The zero-order chi connectivity index (χ0) is 11.0. The van der Waals surface area contributed by atoms with Crippen LogP contribution in [0.15, 0.2) is 12.2 Å². The largest absolute Gasteiger partial charge is 0.0882 e. The molecule has 1 rings (SSSR count). The van der Waals surface area contributed by atoms with Crippen molar-refractivity contribution in [2.45, 2.75) is 60.3 Å². The summed E-state index contributed by atoms with van der Waals surface area (Å²) in [6.07, 6.45) is 10.2. The van der Waals surface area contributed by atoms with Crippen molar-refractivity contribution in [1.29, 1.82) is 0 Å². The highest BCUT2D eigenvalue weighted by Gasteiger charge is 2.21. The minimum absolute atomic E-state index is 0.871. The summed E-state index contributed by atoms with van der Waals surface area (Å²) in [4.78, 5) is 0. The molecule has 1 unspecified atom stereocenters. The molecule has 0 bridgehead atoms. The van der Waals surface area contributed by atoms with Gasteiger partial charge in [0.25, 0.3) is 0 Å². The Bertz CT molecular complexity index is 136. The Kier molecular flexibility index (Phi) is 7.93. The molecule has 0 heterocycles. The fraction of sp³-hybridized carbons (Fsp3) is 0.857. The molecule has 0 aromatic carbocycles. The molecular formula is C14H28. The Balaban J connectivity index is 0.000000791. The van der Waals surface area contributed by atoms with Crippen LogP contribution in [-0.2, 0) is 0 Å². The van der Waals surface area contributed by atoms with Crippen LogP contribution in [0, 0.1) is 17.8 Å². The lowest BCUT2D eigenvalue weighted by atomic mass is 9.82. The molecule has 0 saturated heterocycles. The molecule has 0 aliphatic heterocycles. The van der Waals surface area contributed by atoms with E-state index >= 15 is 0 Å². The van der Waals surface area contributed by atoms with Gasteiger partial charge in [-0.25, -0.2) is 0 Å². The second-order valence-electron chi connectivity index (χ2n) is 4.50. The first-order chi connectivity index (χ1) is 6.74. The Morgan fingerprint density at radius 3 is 2.00 bits per heavy atom. The maximum atomic E-state index is 2.35. The normalized spacial score (nSPS) is 18.1. The molecule has 14 heavy (non-hydrogen) atoms. The Hall–Kier alpha value is -0.260. The van der Waals surface area contributed by atoms with Gasteiger partial charge in [-0.15, -0.1) is 0 Å². The summed E-state index contributed by atoms with van der Waals surface area (Å²) < 4.78 is 0. The van der Waals surface area contributed by atoms with Gasteiger partial charge < -0.3 is 0 Å². The lowest BCUT2D eigenvalue weighted by Crippen LogP contribution is -2.13. The average Bonchev–Trinajstić information content (AvgIpc) is 2.70. The van der Waals surface area contributed by atoms with E-state index in [2.05, 4.69) is 32.9 Å². The van der Waals surface area contributed by atoms with Gasteiger partial charge in [-0.3, -0.25) is 0 Å². The zero-order valence-corrected chi connectivity index (χ0v) is 10.7. The van der Waals surface area contributed by atoms with Gasteiger partial charge in [-0.05, 0) is 37.0 Å². The van der Waals surface area contributed by atoms with Crippen molar-refractivity contribution in [3.63, 3.8) is 0 Å². The maximum absolute atomic E-state index is 2.35. The van der Waals surface area contributed by atoms with Gasteiger partial charge in [-0.1, -0.05) is 53.2 Å². The van der Waals surface area contributed by atoms with Crippen LogP contribution in [0.1, 0.15) is 60.3 Å². The molecule has 1 atom stereocenters. The Morgan fingerprint density at radius 2 is 1.64 bits per heavy atom. The lowest BCUT2D eigenvalue weighted by molar-refractivity contribution is 0.283. The molecule has 1 aliphatic carbocycles. The van der Waals surface area contributed by atoms with E-state index in [4.69, 9.17) is 0 Å². The van der Waals surface area contributed by atoms with E-state index in [-0.39, 0.29) is 0 Å². The van der Waals surface area contributed by atoms with Crippen molar-refractivity contribution < 1.29 is 0 Å². The first kappa shape index (κ1) is 13.7. The summed E-state index contributed by atoms with van der Waals surface area (Å²) >= 11 is 0. The molecule has 84 valence electrons. The zero-order valence-electron chi connectivity index (χ0n) is 10.7. The second kappa shape index (κ2) is 8.08. The van der Waals surface area contributed by atoms with Crippen LogP contribution >= 0.6 is 0 Å². The van der Waals surface area contributed by atoms with E-state index < -0.39 is 0 Å². The van der Waals surface area contributed by atoms with Crippen molar-refractivity contribution >= 4 is 0 Å². The summed E-state index contributed by atoms with van der Waals surface area (Å²) in [6.45, 7) is 11.0. The lowest BCUT2D eigenvalue weighted by Gasteiger charge is -2.23.